The van der Waals surface area contributed by atoms with Crippen molar-refractivity contribution < 1.29 is 13.9 Å². The number of amides is 1. The third-order valence-electron chi connectivity index (χ3n) is 5.01. The molecule has 0 aliphatic carbocycles. The first-order valence-corrected chi connectivity index (χ1v) is 9.91. The van der Waals surface area contributed by atoms with Crippen LogP contribution in [0.5, 0.6) is 5.75 Å². The molecule has 0 unspecified atom stereocenters. The van der Waals surface area contributed by atoms with Crippen LogP contribution in [0.25, 0.3) is 11.3 Å². The van der Waals surface area contributed by atoms with Gasteiger partial charge in [-0.15, -0.1) is 0 Å². The zero-order chi connectivity index (χ0) is 21.2. The van der Waals surface area contributed by atoms with Crippen molar-refractivity contribution in [3.05, 3.63) is 78.4 Å². The number of carbonyl (C=O) groups excluding carboxylic acids is 1. The van der Waals surface area contributed by atoms with E-state index >= 15 is 0 Å². The van der Waals surface area contributed by atoms with Gasteiger partial charge in [-0.05, 0) is 12.1 Å². The van der Waals surface area contributed by atoms with E-state index in [2.05, 4.69) is 20.3 Å². The number of ether oxygens (including phenoxy) is 1. The molecular weight excluding hydrogens is 396 g/mol. The lowest BCUT2D eigenvalue weighted by atomic mass is 10.1. The average Bonchev–Trinajstić information content (AvgIpc) is 3.40. The normalized spacial score (nSPS) is 13.8. The molecule has 1 saturated heterocycles. The maximum Gasteiger partial charge on any atom is 0.276 e. The molecule has 1 aliphatic rings. The van der Waals surface area contributed by atoms with E-state index in [1.807, 2.05) is 49.5 Å². The number of nitrogens with zero attached hydrogens (tertiary/aromatic N) is 6. The van der Waals surface area contributed by atoms with E-state index in [0.717, 1.165) is 17.0 Å². The Morgan fingerprint density at radius 2 is 2.00 bits per heavy atom. The molecule has 5 rings (SSSR count). The summed E-state index contributed by atoms with van der Waals surface area (Å²) in [4.78, 5) is 18.6. The molecule has 1 aliphatic heterocycles. The Morgan fingerprint density at radius 1 is 1.16 bits per heavy atom. The highest BCUT2D eigenvalue weighted by atomic mass is 16.5. The molecule has 9 nitrogen and oxygen atoms in total. The highest BCUT2D eigenvalue weighted by Gasteiger charge is 2.34. The van der Waals surface area contributed by atoms with E-state index < -0.39 is 0 Å². The SMILES string of the molecule is Cn1cc(OC2CN(C(=O)c3coc(Cc4ccc(-c5ccccc5)nn4)n3)C2)cn1. The number of benzene rings is 1. The Morgan fingerprint density at radius 3 is 2.71 bits per heavy atom. The molecule has 0 spiro atoms. The standard InChI is InChI=1S/C22H20N6O3/c1-27-11-17(10-23-27)31-18-12-28(13-18)22(29)20-14-30-21(24-20)9-16-7-8-19(26-25-16)15-5-3-2-4-6-15/h2-8,10-11,14,18H,9,12-13H2,1H3. The van der Waals surface area contributed by atoms with Crippen LogP contribution in [0.15, 0.2) is 65.5 Å². The van der Waals surface area contributed by atoms with Gasteiger partial charge in [0.15, 0.2) is 11.4 Å². The van der Waals surface area contributed by atoms with Crippen LogP contribution in [0.2, 0.25) is 0 Å². The summed E-state index contributed by atoms with van der Waals surface area (Å²) in [7, 11) is 1.83. The molecule has 0 bridgehead atoms. The number of aromatic nitrogens is 5. The lowest BCUT2D eigenvalue weighted by Crippen LogP contribution is -2.56. The summed E-state index contributed by atoms with van der Waals surface area (Å²) in [5.41, 5.74) is 2.80. The van der Waals surface area contributed by atoms with E-state index in [0.29, 0.717) is 31.2 Å². The Bertz CT molecular complexity index is 1180. The fourth-order valence-electron chi connectivity index (χ4n) is 3.35. The van der Waals surface area contributed by atoms with Crippen LogP contribution in [0.1, 0.15) is 22.1 Å². The maximum atomic E-state index is 12.6. The van der Waals surface area contributed by atoms with Crippen LogP contribution >= 0.6 is 0 Å². The zero-order valence-electron chi connectivity index (χ0n) is 16.9. The summed E-state index contributed by atoms with van der Waals surface area (Å²) in [6, 6.07) is 13.6. The van der Waals surface area contributed by atoms with Crippen LogP contribution in [-0.2, 0) is 13.5 Å². The summed E-state index contributed by atoms with van der Waals surface area (Å²) in [5.74, 6) is 0.947. The van der Waals surface area contributed by atoms with Crippen molar-refractivity contribution in [2.24, 2.45) is 7.05 Å². The van der Waals surface area contributed by atoms with Crippen molar-refractivity contribution in [2.75, 3.05) is 13.1 Å². The van der Waals surface area contributed by atoms with Crippen molar-refractivity contribution in [1.82, 2.24) is 29.9 Å². The molecule has 0 N–H and O–H groups in total. The minimum Gasteiger partial charge on any atom is -0.483 e. The van der Waals surface area contributed by atoms with Gasteiger partial charge in [-0.2, -0.15) is 15.3 Å². The lowest BCUT2D eigenvalue weighted by molar-refractivity contribution is 0.0173. The number of oxazole rings is 1. The number of hydrogen-bond acceptors (Lipinski definition) is 7. The van der Waals surface area contributed by atoms with E-state index in [-0.39, 0.29) is 17.7 Å². The maximum absolute atomic E-state index is 12.6. The number of hydrogen-bond donors (Lipinski definition) is 0. The molecule has 3 aromatic heterocycles. The third kappa shape index (κ3) is 4.16. The van der Waals surface area contributed by atoms with Gasteiger partial charge in [-0.25, -0.2) is 4.98 Å². The number of carbonyl (C=O) groups is 1. The van der Waals surface area contributed by atoms with Gasteiger partial charge in [0.2, 0.25) is 5.89 Å². The molecular formula is C22H20N6O3. The summed E-state index contributed by atoms with van der Waals surface area (Å²) in [6.07, 6.45) is 5.16. The van der Waals surface area contributed by atoms with E-state index in [4.69, 9.17) is 9.15 Å². The highest BCUT2D eigenvalue weighted by molar-refractivity contribution is 5.92. The highest BCUT2D eigenvalue weighted by Crippen LogP contribution is 2.20. The number of likely N-dealkylation sites (tertiary alicyclic amines) is 1. The Labute approximate surface area is 178 Å². The molecule has 0 radical (unpaired) electrons. The van der Waals surface area contributed by atoms with Gasteiger partial charge in [0, 0.05) is 12.6 Å². The third-order valence-corrected chi connectivity index (χ3v) is 5.01. The number of aryl methyl sites for hydroxylation is 1. The van der Waals surface area contributed by atoms with Crippen molar-refractivity contribution >= 4 is 5.91 Å². The largest absolute Gasteiger partial charge is 0.483 e. The second-order valence-corrected chi connectivity index (χ2v) is 7.38. The smallest absolute Gasteiger partial charge is 0.276 e. The molecule has 0 atom stereocenters. The van der Waals surface area contributed by atoms with Crippen LogP contribution < -0.4 is 4.74 Å². The van der Waals surface area contributed by atoms with Crippen molar-refractivity contribution in [1.29, 1.82) is 0 Å². The first kappa shape index (κ1) is 19.0. The molecule has 9 heteroatoms. The molecule has 0 saturated carbocycles. The Hall–Kier alpha value is -4.01. The molecule has 156 valence electrons. The molecule has 1 amide bonds. The molecule has 4 aromatic rings. The molecule has 1 aromatic carbocycles. The van der Waals surface area contributed by atoms with Crippen LogP contribution in [0, 0.1) is 0 Å². The summed E-state index contributed by atoms with van der Waals surface area (Å²) in [5, 5.41) is 12.6. The summed E-state index contributed by atoms with van der Waals surface area (Å²) < 4.78 is 12.9. The fourth-order valence-corrected chi connectivity index (χ4v) is 3.35. The number of rotatable bonds is 6. The van der Waals surface area contributed by atoms with Gasteiger partial charge in [0.05, 0.1) is 43.3 Å². The topological polar surface area (TPSA) is 99.2 Å². The molecule has 4 heterocycles. The fraction of sp³-hybridized carbons (Fsp3) is 0.227. The van der Waals surface area contributed by atoms with Crippen molar-refractivity contribution in [2.45, 2.75) is 12.5 Å². The van der Waals surface area contributed by atoms with Crippen LogP contribution in [-0.4, -0.2) is 55.0 Å². The van der Waals surface area contributed by atoms with E-state index in [9.17, 15) is 4.79 Å². The Kier molecular flexibility index (Phi) is 4.91. The molecule has 1 fully saturated rings. The summed E-state index contributed by atoms with van der Waals surface area (Å²) in [6.45, 7) is 1.00. The summed E-state index contributed by atoms with van der Waals surface area (Å²) >= 11 is 0. The van der Waals surface area contributed by atoms with Gasteiger partial charge >= 0.3 is 0 Å². The van der Waals surface area contributed by atoms with E-state index in [1.54, 1.807) is 22.0 Å². The average molecular weight is 416 g/mol. The van der Waals surface area contributed by atoms with Crippen molar-refractivity contribution in [3.63, 3.8) is 0 Å². The minimum absolute atomic E-state index is 0.0436. The predicted octanol–water partition coefficient (Wildman–Crippen LogP) is 2.36. The van der Waals surface area contributed by atoms with Crippen molar-refractivity contribution in [3.8, 4) is 17.0 Å². The predicted molar refractivity (Wildman–Crippen MR) is 110 cm³/mol. The quantitative estimate of drug-likeness (QED) is 0.476. The minimum atomic E-state index is -0.174. The van der Waals surface area contributed by atoms with Gasteiger partial charge in [-0.1, -0.05) is 30.3 Å². The first-order valence-electron chi connectivity index (χ1n) is 9.91. The lowest BCUT2D eigenvalue weighted by Gasteiger charge is -2.38. The zero-order valence-corrected chi connectivity index (χ0v) is 16.9. The molecule has 31 heavy (non-hydrogen) atoms. The Balaban J connectivity index is 1.16. The monoisotopic (exact) mass is 416 g/mol. The first-order chi connectivity index (χ1) is 15.1. The van der Waals surface area contributed by atoms with Gasteiger partial charge < -0.3 is 14.1 Å². The van der Waals surface area contributed by atoms with Gasteiger partial charge in [-0.3, -0.25) is 9.48 Å². The second kappa shape index (κ2) is 8.02. The van der Waals surface area contributed by atoms with Crippen LogP contribution in [0.4, 0.5) is 0 Å². The van der Waals surface area contributed by atoms with E-state index in [1.165, 1.54) is 6.26 Å². The van der Waals surface area contributed by atoms with Gasteiger partial charge in [0.25, 0.3) is 5.91 Å². The van der Waals surface area contributed by atoms with Crippen LogP contribution in [0.3, 0.4) is 0 Å². The second-order valence-electron chi connectivity index (χ2n) is 7.38. The van der Waals surface area contributed by atoms with Gasteiger partial charge in [0.1, 0.15) is 12.4 Å².